The molecule has 1 amide bonds. The van der Waals surface area contributed by atoms with Gasteiger partial charge in [-0.3, -0.25) is 4.79 Å². The number of nitrogens with zero attached hydrogens (tertiary/aromatic N) is 5. The zero-order chi connectivity index (χ0) is 21.9. The van der Waals surface area contributed by atoms with Crippen molar-refractivity contribution in [3.05, 3.63) is 95.6 Å². The third-order valence-corrected chi connectivity index (χ3v) is 6.46. The van der Waals surface area contributed by atoms with Crippen LogP contribution in [0.4, 0.5) is 0 Å². The first kappa shape index (κ1) is 20.1. The first-order valence-electron chi connectivity index (χ1n) is 10.3. The Morgan fingerprint density at radius 2 is 1.84 bits per heavy atom. The molecule has 0 saturated carbocycles. The molecule has 0 radical (unpaired) electrons. The van der Waals surface area contributed by atoms with Crippen LogP contribution in [-0.4, -0.2) is 44.6 Å². The number of likely N-dealkylation sites (N-methyl/N-ethyl adjacent to an activating group) is 1. The number of carbonyl (C=O) groups excluding carboxylic acids is 1. The molecule has 32 heavy (non-hydrogen) atoms. The fourth-order valence-electron chi connectivity index (χ4n) is 3.77. The molecule has 7 heteroatoms. The molecule has 5 rings (SSSR count). The monoisotopic (exact) mass is 439 g/mol. The number of amides is 1. The Labute approximate surface area is 189 Å². The van der Waals surface area contributed by atoms with Crippen molar-refractivity contribution in [3.63, 3.8) is 0 Å². The van der Waals surface area contributed by atoms with Crippen molar-refractivity contribution in [2.24, 2.45) is 0 Å². The minimum Gasteiger partial charge on any atom is -0.341 e. The van der Waals surface area contributed by atoms with Gasteiger partial charge in [-0.2, -0.15) is 0 Å². The van der Waals surface area contributed by atoms with E-state index < -0.39 is 0 Å². The van der Waals surface area contributed by atoms with Crippen molar-refractivity contribution in [3.8, 4) is 16.8 Å². The van der Waals surface area contributed by atoms with E-state index in [9.17, 15) is 4.79 Å². The summed E-state index contributed by atoms with van der Waals surface area (Å²) in [5.74, 6) is -0.0309. The van der Waals surface area contributed by atoms with Crippen LogP contribution < -0.4 is 0 Å². The molecule has 0 bridgehead atoms. The number of aromatic nitrogens is 4. The van der Waals surface area contributed by atoms with Crippen LogP contribution in [0.3, 0.4) is 0 Å². The molecule has 6 nitrogen and oxygen atoms in total. The maximum Gasteiger partial charge on any atom is 0.253 e. The minimum atomic E-state index is -0.0309. The van der Waals surface area contributed by atoms with Gasteiger partial charge in [0.25, 0.3) is 5.91 Å². The van der Waals surface area contributed by atoms with E-state index in [1.54, 1.807) is 20.9 Å². The maximum atomic E-state index is 13.3. The van der Waals surface area contributed by atoms with Crippen LogP contribution in [0, 0.1) is 0 Å². The Bertz CT molecular complexity index is 1360. The fraction of sp³-hybridized carbons (Fsp3) is 0.120. The number of benzene rings is 3. The zero-order valence-electron chi connectivity index (χ0n) is 17.5. The molecule has 0 aliphatic heterocycles. The number of hydrogen-bond donors (Lipinski definition) is 0. The van der Waals surface area contributed by atoms with Crippen LogP contribution in [0.25, 0.3) is 26.9 Å². The smallest absolute Gasteiger partial charge is 0.253 e. The van der Waals surface area contributed by atoms with Crippen LogP contribution in [0.5, 0.6) is 0 Å². The molecule has 2 aromatic heterocycles. The summed E-state index contributed by atoms with van der Waals surface area (Å²) in [6, 6.07) is 24.3. The second-order valence-electron chi connectivity index (χ2n) is 7.63. The Morgan fingerprint density at radius 1 is 1.03 bits per heavy atom. The average molecular weight is 440 g/mol. The van der Waals surface area contributed by atoms with Gasteiger partial charge in [0.05, 0.1) is 5.69 Å². The number of carbonyl (C=O) groups is 1. The van der Waals surface area contributed by atoms with E-state index in [0.29, 0.717) is 12.1 Å². The van der Waals surface area contributed by atoms with Crippen molar-refractivity contribution in [1.82, 2.24) is 25.1 Å². The minimum absolute atomic E-state index is 0.0309. The number of rotatable bonds is 6. The van der Waals surface area contributed by atoms with Gasteiger partial charge < -0.3 is 4.90 Å². The summed E-state index contributed by atoms with van der Waals surface area (Å²) < 4.78 is 2.79. The van der Waals surface area contributed by atoms with Gasteiger partial charge in [0, 0.05) is 34.8 Å². The maximum absolute atomic E-state index is 13.3. The van der Waals surface area contributed by atoms with Crippen LogP contribution in [0.15, 0.2) is 84.5 Å². The number of thiophene rings is 1. The molecule has 3 aromatic carbocycles. The van der Waals surface area contributed by atoms with Crippen LogP contribution in [0.2, 0.25) is 0 Å². The van der Waals surface area contributed by atoms with E-state index in [0.717, 1.165) is 23.2 Å². The number of tetrazole rings is 1. The Balaban J connectivity index is 1.50. The lowest BCUT2D eigenvalue weighted by Gasteiger charge is -2.18. The van der Waals surface area contributed by atoms with Crippen molar-refractivity contribution in [2.75, 3.05) is 13.6 Å². The lowest BCUT2D eigenvalue weighted by atomic mass is 10.0. The number of fused-ring (bicyclic) bond motifs is 1. The topological polar surface area (TPSA) is 63.9 Å². The van der Waals surface area contributed by atoms with E-state index in [-0.39, 0.29) is 5.91 Å². The van der Waals surface area contributed by atoms with E-state index >= 15 is 0 Å². The average Bonchev–Trinajstić information content (AvgIpc) is 3.53. The lowest BCUT2D eigenvalue weighted by molar-refractivity contribution is 0.0796. The standard InChI is InChI=1S/C25H21N5OS/c1-29(12-11-18-7-3-2-4-8-18)25(31)20-13-19(14-21(15-20)30-17-26-27-28-30)23-16-32-24-10-6-5-9-22(23)24/h2-10,13-17H,11-12H2,1H3. The van der Waals surface area contributed by atoms with E-state index in [1.807, 2.05) is 55.6 Å². The second kappa shape index (κ2) is 8.72. The second-order valence-corrected chi connectivity index (χ2v) is 8.54. The van der Waals surface area contributed by atoms with Gasteiger partial charge in [-0.15, -0.1) is 16.4 Å². The number of hydrogen-bond acceptors (Lipinski definition) is 5. The normalized spacial score (nSPS) is 11.0. The third-order valence-electron chi connectivity index (χ3n) is 5.50. The molecule has 0 aliphatic carbocycles. The molecule has 0 N–H and O–H groups in total. The lowest BCUT2D eigenvalue weighted by Crippen LogP contribution is -2.29. The predicted octanol–water partition coefficient (Wildman–Crippen LogP) is 4.86. The first-order chi connectivity index (χ1) is 15.7. The SMILES string of the molecule is CN(CCc1ccccc1)C(=O)c1cc(-c2csc3ccccc23)cc(-n2cnnn2)c1. The van der Waals surface area contributed by atoms with Gasteiger partial charge in [-0.05, 0) is 57.6 Å². The molecule has 0 unspecified atom stereocenters. The molecule has 0 saturated heterocycles. The molecule has 0 atom stereocenters. The van der Waals surface area contributed by atoms with Crippen LogP contribution >= 0.6 is 11.3 Å². The molecular weight excluding hydrogens is 418 g/mol. The summed E-state index contributed by atoms with van der Waals surface area (Å²) in [6.07, 6.45) is 2.34. The summed E-state index contributed by atoms with van der Waals surface area (Å²) in [5, 5.41) is 14.8. The summed E-state index contributed by atoms with van der Waals surface area (Å²) in [5.41, 5.74) is 4.64. The van der Waals surface area contributed by atoms with Gasteiger partial charge in [0.2, 0.25) is 0 Å². The molecule has 2 heterocycles. The van der Waals surface area contributed by atoms with Crippen molar-refractivity contribution >= 4 is 27.3 Å². The zero-order valence-corrected chi connectivity index (χ0v) is 18.4. The highest BCUT2D eigenvalue weighted by molar-refractivity contribution is 7.17. The predicted molar refractivity (Wildman–Crippen MR) is 127 cm³/mol. The van der Waals surface area contributed by atoms with Crippen molar-refractivity contribution in [2.45, 2.75) is 6.42 Å². The Kier molecular flexibility index (Phi) is 5.47. The Morgan fingerprint density at radius 3 is 2.66 bits per heavy atom. The van der Waals surface area contributed by atoms with Crippen molar-refractivity contribution < 1.29 is 4.79 Å². The van der Waals surface area contributed by atoms with E-state index in [2.05, 4.69) is 45.2 Å². The highest BCUT2D eigenvalue weighted by Gasteiger charge is 2.17. The van der Waals surface area contributed by atoms with E-state index in [1.165, 1.54) is 22.0 Å². The molecule has 0 aliphatic rings. The fourth-order valence-corrected chi connectivity index (χ4v) is 4.74. The summed E-state index contributed by atoms with van der Waals surface area (Å²) in [4.78, 5) is 15.1. The molecule has 0 spiro atoms. The van der Waals surface area contributed by atoms with Gasteiger partial charge in [0.1, 0.15) is 6.33 Å². The Hall–Kier alpha value is -3.84. The van der Waals surface area contributed by atoms with Crippen LogP contribution in [0.1, 0.15) is 15.9 Å². The third kappa shape index (κ3) is 4.02. The van der Waals surface area contributed by atoms with Gasteiger partial charge >= 0.3 is 0 Å². The van der Waals surface area contributed by atoms with Gasteiger partial charge in [-0.1, -0.05) is 48.5 Å². The molecule has 0 fully saturated rings. The molecule has 5 aromatic rings. The molecule has 158 valence electrons. The summed E-state index contributed by atoms with van der Waals surface area (Å²) in [6.45, 7) is 0.634. The quantitative estimate of drug-likeness (QED) is 0.379. The summed E-state index contributed by atoms with van der Waals surface area (Å²) in [7, 11) is 1.84. The van der Waals surface area contributed by atoms with Crippen LogP contribution in [-0.2, 0) is 6.42 Å². The summed E-state index contributed by atoms with van der Waals surface area (Å²) >= 11 is 1.70. The first-order valence-corrected chi connectivity index (χ1v) is 11.2. The molecular formula is C25H21N5OS. The van der Waals surface area contributed by atoms with Gasteiger partial charge in [-0.25, -0.2) is 4.68 Å². The highest BCUT2D eigenvalue weighted by Crippen LogP contribution is 2.35. The highest BCUT2D eigenvalue weighted by atomic mass is 32.1. The van der Waals surface area contributed by atoms with Crippen molar-refractivity contribution in [1.29, 1.82) is 0 Å². The van der Waals surface area contributed by atoms with Gasteiger partial charge in [0.15, 0.2) is 0 Å². The van der Waals surface area contributed by atoms with E-state index in [4.69, 9.17) is 0 Å². The largest absolute Gasteiger partial charge is 0.341 e.